The average Bonchev–Trinajstić information content (AvgIpc) is 3.22. The van der Waals surface area contributed by atoms with Crippen LogP contribution >= 0.6 is 0 Å². The first-order valence-electron chi connectivity index (χ1n) is 6.45. The van der Waals surface area contributed by atoms with E-state index in [1.807, 2.05) is 0 Å². The number of rotatable bonds is 6. The molecule has 4 nitrogen and oxygen atoms in total. The van der Waals surface area contributed by atoms with Crippen LogP contribution in [0.1, 0.15) is 30.1 Å². The van der Waals surface area contributed by atoms with Gasteiger partial charge in [-0.25, -0.2) is 9.37 Å². The second-order valence-corrected chi connectivity index (χ2v) is 4.58. The third-order valence-corrected chi connectivity index (χ3v) is 3.25. The quantitative estimate of drug-likeness (QED) is 0.797. The molecule has 6 heteroatoms. The lowest BCUT2D eigenvalue weighted by atomic mass is 10.2. The van der Waals surface area contributed by atoms with Crippen LogP contribution in [0.2, 0.25) is 0 Å². The van der Waals surface area contributed by atoms with Crippen molar-refractivity contribution in [2.75, 3.05) is 19.6 Å². The van der Waals surface area contributed by atoms with Gasteiger partial charge in [0.2, 0.25) is 5.95 Å². The van der Waals surface area contributed by atoms with E-state index in [-0.39, 0.29) is 5.56 Å². The van der Waals surface area contributed by atoms with Gasteiger partial charge in [-0.1, -0.05) is 6.92 Å². The molecule has 0 aromatic carbocycles. The van der Waals surface area contributed by atoms with Crippen LogP contribution in [0.4, 0.5) is 8.78 Å². The van der Waals surface area contributed by atoms with Gasteiger partial charge in [-0.05, 0) is 25.5 Å². The summed E-state index contributed by atoms with van der Waals surface area (Å²) in [6.07, 6.45) is 3.48. The second-order valence-electron chi connectivity index (χ2n) is 4.58. The number of amides is 1. The van der Waals surface area contributed by atoms with Gasteiger partial charge in [-0.2, -0.15) is 4.39 Å². The number of aromatic nitrogens is 1. The number of pyridine rings is 1. The lowest BCUT2D eigenvalue weighted by Crippen LogP contribution is -2.36. The molecule has 0 saturated heterocycles. The lowest BCUT2D eigenvalue weighted by Gasteiger charge is -2.19. The molecule has 1 aliphatic carbocycles. The van der Waals surface area contributed by atoms with Crippen LogP contribution in [0.5, 0.6) is 0 Å². The predicted molar refractivity (Wildman–Crippen MR) is 66.8 cm³/mol. The van der Waals surface area contributed by atoms with Gasteiger partial charge in [0.05, 0.1) is 5.56 Å². The number of hydrogen-bond donors (Lipinski definition) is 1. The SMILES string of the molecule is CCN(CCNC(=O)c1ccnc(F)c1F)C1CC1. The van der Waals surface area contributed by atoms with E-state index in [0.717, 1.165) is 19.3 Å². The van der Waals surface area contributed by atoms with Crippen LogP contribution < -0.4 is 5.32 Å². The smallest absolute Gasteiger partial charge is 0.254 e. The van der Waals surface area contributed by atoms with E-state index in [9.17, 15) is 13.6 Å². The molecule has 1 amide bonds. The van der Waals surface area contributed by atoms with E-state index in [1.165, 1.54) is 18.9 Å². The molecule has 2 rings (SSSR count). The minimum Gasteiger partial charge on any atom is -0.351 e. The molecule has 0 aliphatic heterocycles. The maximum absolute atomic E-state index is 13.3. The Bertz CT molecular complexity index is 463. The van der Waals surface area contributed by atoms with E-state index in [0.29, 0.717) is 12.6 Å². The van der Waals surface area contributed by atoms with Crippen molar-refractivity contribution in [3.63, 3.8) is 0 Å². The fourth-order valence-electron chi connectivity index (χ4n) is 2.04. The Morgan fingerprint density at radius 3 is 2.89 bits per heavy atom. The van der Waals surface area contributed by atoms with Crippen molar-refractivity contribution in [1.82, 2.24) is 15.2 Å². The molecule has 0 spiro atoms. The minimum atomic E-state index is -1.25. The van der Waals surface area contributed by atoms with Gasteiger partial charge in [0.15, 0.2) is 5.82 Å². The zero-order chi connectivity index (χ0) is 13.8. The van der Waals surface area contributed by atoms with Gasteiger partial charge in [0.25, 0.3) is 5.91 Å². The Balaban J connectivity index is 1.85. The van der Waals surface area contributed by atoms with E-state index < -0.39 is 17.7 Å². The number of carbonyl (C=O) groups excluding carboxylic acids is 1. The Hall–Kier alpha value is -1.56. The van der Waals surface area contributed by atoms with Gasteiger partial charge in [-0.3, -0.25) is 9.69 Å². The van der Waals surface area contributed by atoms with Crippen molar-refractivity contribution >= 4 is 5.91 Å². The summed E-state index contributed by atoms with van der Waals surface area (Å²) in [6.45, 7) is 4.14. The molecule has 19 heavy (non-hydrogen) atoms. The molecule has 0 unspecified atom stereocenters. The molecule has 1 aromatic heterocycles. The van der Waals surface area contributed by atoms with E-state index in [2.05, 4.69) is 22.1 Å². The Morgan fingerprint density at radius 2 is 2.26 bits per heavy atom. The molecule has 0 radical (unpaired) electrons. The van der Waals surface area contributed by atoms with Crippen molar-refractivity contribution in [2.45, 2.75) is 25.8 Å². The van der Waals surface area contributed by atoms with Crippen LogP contribution in [-0.4, -0.2) is 41.5 Å². The van der Waals surface area contributed by atoms with Gasteiger partial charge in [0.1, 0.15) is 0 Å². The molecule has 104 valence electrons. The van der Waals surface area contributed by atoms with E-state index in [4.69, 9.17) is 0 Å². The van der Waals surface area contributed by atoms with Crippen molar-refractivity contribution in [3.8, 4) is 0 Å². The second kappa shape index (κ2) is 6.06. The number of nitrogens with zero attached hydrogens (tertiary/aromatic N) is 2. The molecular weight excluding hydrogens is 252 g/mol. The minimum absolute atomic E-state index is 0.304. The monoisotopic (exact) mass is 269 g/mol. The largest absolute Gasteiger partial charge is 0.351 e. The Morgan fingerprint density at radius 1 is 1.53 bits per heavy atom. The lowest BCUT2D eigenvalue weighted by molar-refractivity contribution is 0.0942. The van der Waals surface area contributed by atoms with Crippen LogP contribution in [0.3, 0.4) is 0 Å². The van der Waals surface area contributed by atoms with Gasteiger partial charge in [0, 0.05) is 25.3 Å². The van der Waals surface area contributed by atoms with Crippen LogP contribution in [0.15, 0.2) is 12.3 Å². The van der Waals surface area contributed by atoms with E-state index >= 15 is 0 Å². The molecule has 1 N–H and O–H groups in total. The van der Waals surface area contributed by atoms with E-state index in [1.54, 1.807) is 0 Å². The third-order valence-electron chi connectivity index (χ3n) is 3.25. The summed E-state index contributed by atoms with van der Waals surface area (Å²) < 4.78 is 26.2. The van der Waals surface area contributed by atoms with Gasteiger partial charge in [-0.15, -0.1) is 0 Å². The first-order valence-corrected chi connectivity index (χ1v) is 6.45. The molecule has 1 fully saturated rings. The number of hydrogen-bond acceptors (Lipinski definition) is 3. The summed E-state index contributed by atoms with van der Waals surface area (Å²) >= 11 is 0. The van der Waals surface area contributed by atoms with Crippen molar-refractivity contribution in [1.29, 1.82) is 0 Å². The number of nitrogens with one attached hydrogen (secondary N) is 1. The summed E-state index contributed by atoms with van der Waals surface area (Å²) in [5, 5.41) is 2.60. The average molecular weight is 269 g/mol. The van der Waals surface area contributed by atoms with Crippen LogP contribution in [0, 0.1) is 11.8 Å². The van der Waals surface area contributed by atoms with Crippen molar-refractivity contribution < 1.29 is 13.6 Å². The molecule has 1 aliphatic rings. The summed E-state index contributed by atoms with van der Waals surface area (Å²) in [6, 6.07) is 1.80. The highest BCUT2D eigenvalue weighted by molar-refractivity contribution is 5.94. The maximum atomic E-state index is 13.3. The highest BCUT2D eigenvalue weighted by atomic mass is 19.2. The number of likely N-dealkylation sites (N-methyl/N-ethyl adjacent to an activating group) is 1. The van der Waals surface area contributed by atoms with Gasteiger partial charge >= 0.3 is 0 Å². The predicted octanol–water partition coefficient (Wildman–Crippen LogP) is 1.57. The summed E-state index contributed by atoms with van der Waals surface area (Å²) in [4.78, 5) is 17.1. The summed E-state index contributed by atoms with van der Waals surface area (Å²) in [7, 11) is 0. The maximum Gasteiger partial charge on any atom is 0.254 e. The first-order chi connectivity index (χ1) is 9.13. The third kappa shape index (κ3) is 3.47. The number of carbonyl (C=O) groups is 1. The number of halogens is 2. The fourth-order valence-corrected chi connectivity index (χ4v) is 2.04. The Labute approximate surface area is 110 Å². The zero-order valence-electron chi connectivity index (χ0n) is 10.8. The molecule has 0 bridgehead atoms. The van der Waals surface area contributed by atoms with Crippen molar-refractivity contribution in [2.24, 2.45) is 0 Å². The Kier molecular flexibility index (Phi) is 4.42. The normalized spacial score (nSPS) is 14.7. The molecule has 1 heterocycles. The summed E-state index contributed by atoms with van der Waals surface area (Å²) in [5.41, 5.74) is -0.304. The highest BCUT2D eigenvalue weighted by Crippen LogP contribution is 2.25. The molecule has 1 aromatic rings. The van der Waals surface area contributed by atoms with Crippen LogP contribution in [0.25, 0.3) is 0 Å². The molecular formula is C13H17F2N3O. The fraction of sp³-hybridized carbons (Fsp3) is 0.538. The summed E-state index contributed by atoms with van der Waals surface area (Å²) in [5.74, 6) is -3.05. The standard InChI is InChI=1S/C13H17F2N3O/c1-2-18(9-3-4-9)8-7-17-13(19)10-5-6-16-12(15)11(10)14/h5-6,9H,2-4,7-8H2,1H3,(H,17,19). The van der Waals surface area contributed by atoms with Crippen LogP contribution in [-0.2, 0) is 0 Å². The first kappa shape index (κ1) is 13.9. The zero-order valence-corrected chi connectivity index (χ0v) is 10.8. The highest BCUT2D eigenvalue weighted by Gasteiger charge is 2.27. The molecule has 0 atom stereocenters. The topological polar surface area (TPSA) is 45.2 Å². The van der Waals surface area contributed by atoms with Gasteiger partial charge < -0.3 is 5.32 Å². The molecule has 1 saturated carbocycles. The van der Waals surface area contributed by atoms with Crippen molar-refractivity contribution in [3.05, 3.63) is 29.6 Å².